The Morgan fingerprint density at radius 3 is 2.83 bits per heavy atom. The average Bonchev–Trinajstić information content (AvgIpc) is 3.34. The molecule has 5 rings (SSSR count). The molecule has 0 aliphatic carbocycles. The van der Waals surface area contributed by atoms with Crippen molar-refractivity contribution in [3.63, 3.8) is 0 Å². The molecule has 2 saturated heterocycles. The molecule has 2 N–H and O–H groups in total. The minimum absolute atomic E-state index is 0.324. The number of aromatic nitrogens is 4. The molecule has 0 unspecified atom stereocenters. The highest BCUT2D eigenvalue weighted by molar-refractivity contribution is 7.99. The summed E-state index contributed by atoms with van der Waals surface area (Å²) in [5, 5.41) is 5.86. The summed E-state index contributed by atoms with van der Waals surface area (Å²) < 4.78 is 7.78. The highest BCUT2D eigenvalue weighted by atomic mass is 35.5. The van der Waals surface area contributed by atoms with Gasteiger partial charge in [0.2, 0.25) is 0 Å². The van der Waals surface area contributed by atoms with Crippen LogP contribution in [-0.4, -0.2) is 45.4 Å². The number of ether oxygens (including phenoxy) is 1. The molecular formula is C20H23ClN6OS. The molecule has 0 amide bonds. The number of nitrogens with zero attached hydrogens (tertiary/aromatic N) is 5. The molecule has 3 aromatic heterocycles. The maximum Gasteiger partial charge on any atom is 0.154 e. The fourth-order valence-corrected chi connectivity index (χ4v) is 5.53. The fraction of sp³-hybridized carbons (Fsp3) is 0.450. The quantitative estimate of drug-likeness (QED) is 0.674. The van der Waals surface area contributed by atoms with Gasteiger partial charge in [0.25, 0.3) is 0 Å². The van der Waals surface area contributed by atoms with Crippen molar-refractivity contribution in [1.29, 1.82) is 0 Å². The summed E-state index contributed by atoms with van der Waals surface area (Å²) in [6.07, 6.45) is 9.16. The van der Waals surface area contributed by atoms with Crippen LogP contribution in [0.5, 0.6) is 0 Å². The molecule has 2 aliphatic heterocycles. The van der Waals surface area contributed by atoms with Gasteiger partial charge in [-0.3, -0.25) is 0 Å². The molecular weight excluding hydrogens is 408 g/mol. The van der Waals surface area contributed by atoms with E-state index in [2.05, 4.69) is 21.9 Å². The first-order valence-corrected chi connectivity index (χ1v) is 11.0. The Labute approximate surface area is 178 Å². The van der Waals surface area contributed by atoms with Crippen molar-refractivity contribution >= 4 is 40.5 Å². The Balaban J connectivity index is 1.40. The Hall–Kier alpha value is -2.03. The molecule has 152 valence electrons. The molecule has 2 aliphatic rings. The Morgan fingerprint density at radius 1 is 1.24 bits per heavy atom. The highest BCUT2D eigenvalue weighted by Crippen LogP contribution is 2.43. The minimum atomic E-state index is 0.324. The molecule has 7 nitrogen and oxygen atoms in total. The predicted octanol–water partition coefficient (Wildman–Crippen LogP) is 3.91. The average molecular weight is 431 g/mol. The fourth-order valence-electron chi connectivity index (χ4n) is 4.42. The van der Waals surface area contributed by atoms with E-state index in [4.69, 9.17) is 27.1 Å². The third-order valence-corrected chi connectivity index (χ3v) is 7.55. The third-order valence-electron chi connectivity index (χ3n) is 5.99. The molecule has 0 aromatic carbocycles. The van der Waals surface area contributed by atoms with Crippen molar-refractivity contribution < 1.29 is 4.74 Å². The Kier molecular flexibility index (Phi) is 4.80. The number of hydrogen-bond donors (Lipinski definition) is 1. The van der Waals surface area contributed by atoms with Crippen molar-refractivity contribution in [2.24, 2.45) is 5.41 Å². The normalized spacial score (nSPS) is 21.3. The number of halogens is 1. The van der Waals surface area contributed by atoms with E-state index in [1.54, 1.807) is 6.20 Å². The first-order chi connectivity index (χ1) is 14.0. The minimum Gasteiger partial charge on any atom is -0.382 e. The largest absolute Gasteiger partial charge is 0.382 e. The first kappa shape index (κ1) is 19.0. The summed E-state index contributed by atoms with van der Waals surface area (Å²) in [5.74, 6) is 1.31. The summed E-state index contributed by atoms with van der Waals surface area (Å²) >= 11 is 7.80. The van der Waals surface area contributed by atoms with Crippen LogP contribution in [0, 0.1) is 5.41 Å². The summed E-state index contributed by atoms with van der Waals surface area (Å²) in [6, 6.07) is 3.86. The van der Waals surface area contributed by atoms with Crippen molar-refractivity contribution in [3.05, 3.63) is 35.7 Å². The number of piperidine rings is 1. The molecule has 0 bridgehead atoms. The monoisotopic (exact) mass is 430 g/mol. The zero-order valence-electron chi connectivity index (χ0n) is 16.2. The molecule has 29 heavy (non-hydrogen) atoms. The topological polar surface area (TPSA) is 81.6 Å². The summed E-state index contributed by atoms with van der Waals surface area (Å²) in [4.78, 5) is 12.0. The predicted molar refractivity (Wildman–Crippen MR) is 115 cm³/mol. The summed E-state index contributed by atoms with van der Waals surface area (Å²) in [7, 11) is 0. The maximum absolute atomic E-state index is 6.31. The third kappa shape index (κ3) is 3.43. The molecule has 1 atom stereocenters. The first-order valence-electron chi connectivity index (χ1n) is 9.82. The molecule has 2 fully saturated rings. The van der Waals surface area contributed by atoms with Crippen molar-refractivity contribution in [2.45, 2.75) is 42.2 Å². The van der Waals surface area contributed by atoms with Crippen LogP contribution in [0.4, 0.5) is 11.6 Å². The van der Waals surface area contributed by atoms with E-state index in [0.29, 0.717) is 22.4 Å². The van der Waals surface area contributed by atoms with Crippen LogP contribution in [0.1, 0.15) is 26.2 Å². The summed E-state index contributed by atoms with van der Waals surface area (Å²) in [5.41, 5.74) is 7.18. The van der Waals surface area contributed by atoms with E-state index in [1.807, 2.05) is 29.0 Å². The van der Waals surface area contributed by atoms with Gasteiger partial charge in [0.1, 0.15) is 16.4 Å². The number of pyridine rings is 1. The van der Waals surface area contributed by atoms with Crippen molar-refractivity contribution in [1.82, 2.24) is 19.6 Å². The molecule has 3 aromatic rings. The van der Waals surface area contributed by atoms with E-state index >= 15 is 0 Å². The van der Waals surface area contributed by atoms with Gasteiger partial charge in [-0.25, -0.2) is 14.5 Å². The second-order valence-electron chi connectivity index (χ2n) is 7.97. The van der Waals surface area contributed by atoms with Gasteiger partial charge in [0, 0.05) is 24.2 Å². The molecule has 9 heteroatoms. The number of rotatable bonds is 3. The van der Waals surface area contributed by atoms with E-state index in [0.717, 1.165) is 53.8 Å². The van der Waals surface area contributed by atoms with Gasteiger partial charge in [0.15, 0.2) is 5.82 Å². The van der Waals surface area contributed by atoms with E-state index < -0.39 is 0 Å². The van der Waals surface area contributed by atoms with Gasteiger partial charge in [-0.1, -0.05) is 23.4 Å². The number of fused-ring (bicyclic) bond motifs is 1. The Bertz CT molecular complexity index is 1050. The van der Waals surface area contributed by atoms with Gasteiger partial charge in [-0.2, -0.15) is 5.10 Å². The lowest BCUT2D eigenvalue weighted by Gasteiger charge is -2.39. The molecule has 1 spiro atoms. The van der Waals surface area contributed by atoms with Crippen LogP contribution in [-0.2, 0) is 4.74 Å². The zero-order chi connectivity index (χ0) is 20.0. The SMILES string of the molecule is C[C@H]1CC2(CCN(c3ncc(Sc4ccnc(N)c4Cl)n4nccc34)CC2)CO1. The lowest BCUT2D eigenvalue weighted by atomic mass is 9.77. The van der Waals surface area contributed by atoms with E-state index in [1.165, 1.54) is 18.2 Å². The molecule has 5 heterocycles. The van der Waals surface area contributed by atoms with Crippen LogP contribution in [0.25, 0.3) is 5.52 Å². The highest BCUT2D eigenvalue weighted by Gasteiger charge is 2.41. The molecule has 0 radical (unpaired) electrons. The number of nitrogen functional groups attached to an aromatic ring is 1. The molecule has 0 saturated carbocycles. The second kappa shape index (κ2) is 7.34. The van der Waals surface area contributed by atoms with Crippen LogP contribution < -0.4 is 10.6 Å². The van der Waals surface area contributed by atoms with Crippen molar-refractivity contribution in [2.75, 3.05) is 30.3 Å². The maximum atomic E-state index is 6.31. The summed E-state index contributed by atoms with van der Waals surface area (Å²) in [6.45, 7) is 5.05. The Morgan fingerprint density at radius 2 is 2.07 bits per heavy atom. The lowest BCUT2D eigenvalue weighted by Crippen LogP contribution is -2.41. The van der Waals surface area contributed by atoms with Gasteiger partial charge in [0.05, 0.1) is 30.1 Å². The standard InChI is InChI=1S/C20H23ClN6OS/c1-13-10-20(12-28-13)4-8-26(9-5-20)19-14-2-7-25-27(14)16(11-24-19)29-15-3-6-23-18(22)17(15)21/h2-3,6-7,11,13H,4-5,8-10,12H2,1H3,(H2,22,23)/t13-/m0/s1. The van der Waals surface area contributed by atoms with Crippen LogP contribution in [0.2, 0.25) is 5.02 Å². The van der Waals surface area contributed by atoms with Gasteiger partial charge < -0.3 is 15.4 Å². The number of hydrogen-bond acceptors (Lipinski definition) is 7. The second-order valence-corrected chi connectivity index (χ2v) is 9.41. The van der Waals surface area contributed by atoms with Gasteiger partial charge in [-0.05, 0) is 43.7 Å². The van der Waals surface area contributed by atoms with Crippen LogP contribution in [0.3, 0.4) is 0 Å². The smallest absolute Gasteiger partial charge is 0.154 e. The van der Waals surface area contributed by atoms with E-state index in [9.17, 15) is 0 Å². The lowest BCUT2D eigenvalue weighted by molar-refractivity contribution is 0.0976. The van der Waals surface area contributed by atoms with E-state index in [-0.39, 0.29) is 0 Å². The number of nitrogens with two attached hydrogens (primary N) is 1. The van der Waals surface area contributed by atoms with Crippen molar-refractivity contribution in [3.8, 4) is 0 Å². The van der Waals surface area contributed by atoms with Gasteiger partial charge in [-0.15, -0.1) is 0 Å². The number of anilines is 2. The van der Waals surface area contributed by atoms with Gasteiger partial charge >= 0.3 is 0 Å². The zero-order valence-corrected chi connectivity index (χ0v) is 17.8. The van der Waals surface area contributed by atoms with Crippen LogP contribution >= 0.6 is 23.4 Å². The van der Waals surface area contributed by atoms with Crippen LogP contribution in [0.15, 0.2) is 40.6 Å².